The molecule has 0 fully saturated rings. The van der Waals surface area contributed by atoms with Gasteiger partial charge in [0.15, 0.2) is 0 Å². The maximum atomic E-state index is 12.1. The van der Waals surface area contributed by atoms with E-state index in [2.05, 4.69) is 5.32 Å². The highest BCUT2D eigenvalue weighted by molar-refractivity contribution is 7.99. The first-order valence-electron chi connectivity index (χ1n) is 4.03. The van der Waals surface area contributed by atoms with E-state index in [9.17, 15) is 18.4 Å². The van der Waals surface area contributed by atoms with Crippen molar-refractivity contribution in [3.05, 3.63) is 16.3 Å². The van der Waals surface area contributed by atoms with Gasteiger partial charge >= 0.3 is 5.97 Å². The number of thiophene rings is 1. The van der Waals surface area contributed by atoms with E-state index < -0.39 is 24.2 Å². The van der Waals surface area contributed by atoms with E-state index in [0.29, 0.717) is 0 Å². The van der Waals surface area contributed by atoms with Crippen LogP contribution in [0.25, 0.3) is 0 Å². The van der Waals surface area contributed by atoms with Crippen LogP contribution in [-0.2, 0) is 4.79 Å². The maximum Gasteiger partial charge on any atom is 0.322 e. The van der Waals surface area contributed by atoms with Gasteiger partial charge in [0.2, 0.25) is 0 Å². The van der Waals surface area contributed by atoms with Gasteiger partial charge in [-0.05, 0) is 11.4 Å². The molecule has 1 aromatic rings. The summed E-state index contributed by atoms with van der Waals surface area (Å²) in [7, 11) is 0. The van der Waals surface area contributed by atoms with Gasteiger partial charge in [0.25, 0.3) is 11.7 Å². The van der Waals surface area contributed by atoms with Crippen LogP contribution in [-0.4, -0.2) is 29.3 Å². The third kappa shape index (κ3) is 3.78. The van der Waals surface area contributed by atoms with Crippen molar-refractivity contribution in [2.24, 2.45) is 0 Å². The molecule has 1 heterocycles. The Bertz CT molecular complexity index is 394. The zero-order valence-electron chi connectivity index (χ0n) is 7.78. The summed E-state index contributed by atoms with van der Waals surface area (Å²) >= 11 is 1.26. The zero-order valence-corrected chi connectivity index (χ0v) is 9.41. The Kier molecular flexibility index (Phi) is 4.69. The second kappa shape index (κ2) is 5.80. The van der Waals surface area contributed by atoms with Crippen molar-refractivity contribution >= 4 is 35.0 Å². The summed E-state index contributed by atoms with van der Waals surface area (Å²) in [6.07, 6.45) is 0. The normalized spacial score (nSPS) is 10.4. The van der Waals surface area contributed by atoms with Crippen molar-refractivity contribution in [1.82, 2.24) is 5.32 Å². The molecule has 1 amide bonds. The van der Waals surface area contributed by atoms with Crippen LogP contribution in [0, 0.1) is 0 Å². The summed E-state index contributed by atoms with van der Waals surface area (Å²) in [4.78, 5) is 21.8. The second-order valence-electron chi connectivity index (χ2n) is 2.57. The molecule has 0 aliphatic carbocycles. The molecule has 1 rings (SSSR count). The van der Waals surface area contributed by atoms with E-state index in [-0.39, 0.29) is 21.5 Å². The van der Waals surface area contributed by atoms with E-state index in [1.165, 1.54) is 11.4 Å². The van der Waals surface area contributed by atoms with Gasteiger partial charge in [-0.25, -0.2) is 0 Å². The number of alkyl halides is 2. The maximum absolute atomic E-state index is 12.1. The Morgan fingerprint density at radius 2 is 2.25 bits per heavy atom. The van der Waals surface area contributed by atoms with E-state index in [1.54, 1.807) is 0 Å². The number of carboxylic acid groups (broad SMARTS) is 1. The zero-order chi connectivity index (χ0) is 12.1. The molecule has 0 aliphatic heterocycles. The SMILES string of the molecule is O=C(O)CNC(=O)c1sccc1SC(F)F. The van der Waals surface area contributed by atoms with E-state index in [1.807, 2.05) is 0 Å². The molecule has 4 nitrogen and oxygen atoms in total. The minimum atomic E-state index is -2.61. The number of amides is 1. The summed E-state index contributed by atoms with van der Waals surface area (Å²) in [5.41, 5.74) is 0. The molecule has 0 atom stereocenters. The third-order valence-electron chi connectivity index (χ3n) is 1.45. The molecule has 16 heavy (non-hydrogen) atoms. The van der Waals surface area contributed by atoms with E-state index in [0.717, 1.165) is 11.3 Å². The summed E-state index contributed by atoms with van der Waals surface area (Å²) in [5, 5.41) is 12.0. The first kappa shape index (κ1) is 12.9. The molecule has 0 saturated heterocycles. The quantitative estimate of drug-likeness (QED) is 0.799. The molecule has 0 saturated carbocycles. The lowest BCUT2D eigenvalue weighted by Crippen LogP contribution is -2.28. The number of nitrogens with one attached hydrogen (secondary N) is 1. The Balaban J connectivity index is 2.68. The molecular weight excluding hydrogens is 260 g/mol. The first-order valence-corrected chi connectivity index (χ1v) is 5.79. The Morgan fingerprint density at radius 1 is 1.56 bits per heavy atom. The fourth-order valence-corrected chi connectivity index (χ4v) is 2.50. The predicted molar refractivity (Wildman–Crippen MR) is 56.1 cm³/mol. The van der Waals surface area contributed by atoms with Gasteiger partial charge in [-0.1, -0.05) is 11.8 Å². The molecule has 0 radical (unpaired) electrons. The van der Waals surface area contributed by atoms with Gasteiger partial charge in [-0.3, -0.25) is 9.59 Å². The van der Waals surface area contributed by atoms with Crippen LogP contribution in [0.4, 0.5) is 8.78 Å². The van der Waals surface area contributed by atoms with Gasteiger partial charge < -0.3 is 10.4 Å². The molecule has 0 spiro atoms. The number of halogens is 2. The van der Waals surface area contributed by atoms with Gasteiger partial charge in [-0.15, -0.1) is 11.3 Å². The van der Waals surface area contributed by atoms with E-state index >= 15 is 0 Å². The highest BCUT2D eigenvalue weighted by Crippen LogP contribution is 2.31. The van der Waals surface area contributed by atoms with Gasteiger partial charge in [0.1, 0.15) is 11.4 Å². The molecular formula is C8H7F2NO3S2. The summed E-state index contributed by atoms with van der Waals surface area (Å²) in [5.74, 6) is -4.45. The monoisotopic (exact) mass is 267 g/mol. The third-order valence-corrected chi connectivity index (χ3v) is 3.27. The lowest BCUT2D eigenvalue weighted by molar-refractivity contribution is -0.135. The molecule has 88 valence electrons. The molecule has 0 bridgehead atoms. The van der Waals surface area contributed by atoms with Gasteiger partial charge in [-0.2, -0.15) is 8.78 Å². The number of carboxylic acids is 1. The van der Waals surface area contributed by atoms with Crippen LogP contribution >= 0.6 is 23.1 Å². The minimum Gasteiger partial charge on any atom is -0.480 e. The fraction of sp³-hybridized carbons (Fsp3) is 0.250. The van der Waals surface area contributed by atoms with Crippen LogP contribution in [0.15, 0.2) is 16.3 Å². The first-order chi connectivity index (χ1) is 7.50. The number of thioether (sulfide) groups is 1. The summed E-state index contributed by atoms with van der Waals surface area (Å²) in [6.45, 7) is -0.532. The van der Waals surface area contributed by atoms with Crippen LogP contribution in [0.5, 0.6) is 0 Å². The Morgan fingerprint density at radius 3 is 2.81 bits per heavy atom. The lowest BCUT2D eigenvalue weighted by atomic mass is 10.4. The highest BCUT2D eigenvalue weighted by atomic mass is 32.2. The highest BCUT2D eigenvalue weighted by Gasteiger charge is 2.17. The summed E-state index contributed by atoms with van der Waals surface area (Å²) in [6, 6.07) is 1.40. The number of rotatable bonds is 5. The van der Waals surface area contributed by atoms with Crippen LogP contribution in [0.1, 0.15) is 9.67 Å². The standard InChI is InChI=1S/C8H7F2NO3S2/c9-8(10)16-4-1-2-15-6(4)7(14)11-3-5(12)13/h1-2,8H,3H2,(H,11,14)(H,12,13). The summed E-state index contributed by atoms with van der Waals surface area (Å²) < 4.78 is 24.2. The molecule has 1 aromatic heterocycles. The van der Waals surface area contributed by atoms with E-state index in [4.69, 9.17) is 5.11 Å². The van der Waals surface area contributed by atoms with Crippen LogP contribution < -0.4 is 5.32 Å². The number of carbonyl (C=O) groups is 2. The minimum absolute atomic E-state index is 0.103. The Labute approximate surface area is 97.7 Å². The number of hydrogen-bond acceptors (Lipinski definition) is 4. The fourth-order valence-electron chi connectivity index (χ4n) is 0.888. The molecule has 0 aliphatic rings. The molecule has 0 aromatic carbocycles. The Hall–Kier alpha value is -1.15. The largest absolute Gasteiger partial charge is 0.480 e. The van der Waals surface area contributed by atoms with Crippen LogP contribution in [0.3, 0.4) is 0 Å². The van der Waals surface area contributed by atoms with Crippen molar-refractivity contribution in [3.8, 4) is 0 Å². The number of aliphatic carboxylic acids is 1. The average Bonchev–Trinajstić information content (AvgIpc) is 2.61. The molecule has 0 unspecified atom stereocenters. The predicted octanol–water partition coefficient (Wildman–Crippen LogP) is 1.88. The van der Waals surface area contributed by atoms with Crippen molar-refractivity contribution in [1.29, 1.82) is 0 Å². The molecule has 8 heteroatoms. The topological polar surface area (TPSA) is 66.4 Å². The van der Waals surface area contributed by atoms with Gasteiger partial charge in [0.05, 0.1) is 0 Å². The van der Waals surface area contributed by atoms with Crippen molar-refractivity contribution in [2.75, 3.05) is 6.54 Å². The molecule has 2 N–H and O–H groups in total. The van der Waals surface area contributed by atoms with Gasteiger partial charge in [0, 0.05) is 4.90 Å². The number of hydrogen-bond donors (Lipinski definition) is 2. The smallest absolute Gasteiger partial charge is 0.322 e. The van der Waals surface area contributed by atoms with Crippen molar-refractivity contribution in [3.63, 3.8) is 0 Å². The second-order valence-corrected chi connectivity index (χ2v) is 4.52. The lowest BCUT2D eigenvalue weighted by Gasteiger charge is -2.03. The average molecular weight is 267 g/mol. The van der Waals surface area contributed by atoms with Crippen molar-refractivity contribution < 1.29 is 23.5 Å². The number of carbonyl (C=O) groups excluding carboxylic acids is 1. The van der Waals surface area contributed by atoms with Crippen LogP contribution in [0.2, 0.25) is 0 Å². The van der Waals surface area contributed by atoms with Crippen molar-refractivity contribution in [2.45, 2.75) is 10.7 Å².